The molecule has 1 unspecified atom stereocenters. The Labute approximate surface area is 176 Å². The van der Waals surface area contributed by atoms with Gasteiger partial charge in [-0.3, -0.25) is 4.90 Å². The number of piperidine rings is 2. The smallest absolute Gasteiger partial charge is 0.319 e. The Balaban J connectivity index is 1.27. The van der Waals surface area contributed by atoms with E-state index in [9.17, 15) is 13.6 Å². The molecule has 2 saturated heterocycles. The molecule has 0 radical (unpaired) electrons. The van der Waals surface area contributed by atoms with Gasteiger partial charge in [-0.2, -0.15) is 0 Å². The number of anilines is 1. The molecule has 0 spiro atoms. The lowest BCUT2D eigenvalue weighted by molar-refractivity contribution is -0.0230. The molecule has 3 aliphatic rings. The molecular formula is C24H29F2N3O. The minimum atomic E-state index is -0.326. The first-order chi connectivity index (χ1) is 14.6. The van der Waals surface area contributed by atoms with Gasteiger partial charge in [0.1, 0.15) is 11.6 Å². The van der Waals surface area contributed by atoms with Crippen molar-refractivity contribution in [3.63, 3.8) is 0 Å². The van der Waals surface area contributed by atoms with Crippen LogP contribution in [0.2, 0.25) is 0 Å². The Kier molecular flexibility index (Phi) is 6.62. The second-order valence-electron chi connectivity index (χ2n) is 8.46. The molecule has 2 amide bonds. The van der Waals surface area contributed by atoms with Crippen molar-refractivity contribution in [2.75, 3.05) is 11.9 Å². The second kappa shape index (κ2) is 9.56. The van der Waals surface area contributed by atoms with Crippen LogP contribution in [0.25, 0.3) is 0 Å². The van der Waals surface area contributed by atoms with Crippen molar-refractivity contribution < 1.29 is 13.6 Å². The first kappa shape index (κ1) is 20.8. The van der Waals surface area contributed by atoms with Gasteiger partial charge in [-0.15, -0.1) is 0 Å². The van der Waals surface area contributed by atoms with Gasteiger partial charge in [0, 0.05) is 30.9 Å². The number of hydrogen-bond donors (Lipinski definition) is 2. The fourth-order valence-electron chi connectivity index (χ4n) is 5.03. The number of urea groups is 1. The molecule has 2 N–H and O–H groups in total. The lowest BCUT2D eigenvalue weighted by Gasteiger charge is -2.52. The standard InChI is InChI=1S/C24H29F2N3O/c25-19-7-3-17(4-8-19)16-29-22-13-5-18(6-14-22)23(29)2-1-15-27-24(30)28-21-11-9-20(26)10-12-21/h3-4,7-12,18,22-23H,1-2,5-6,13-16H2,(H2,27,28,30). The number of amides is 2. The van der Waals surface area contributed by atoms with Gasteiger partial charge < -0.3 is 10.6 Å². The predicted octanol–water partition coefficient (Wildman–Crippen LogP) is 5.31. The number of nitrogens with one attached hydrogen (secondary N) is 2. The average molecular weight is 414 g/mol. The molecule has 2 aliphatic heterocycles. The zero-order chi connectivity index (χ0) is 20.9. The van der Waals surface area contributed by atoms with Crippen LogP contribution in [0, 0.1) is 17.6 Å². The SMILES string of the molecule is O=C(NCCCC1C2CCC(CC2)N1Cc1ccc(F)cc1)Nc1ccc(F)cc1. The van der Waals surface area contributed by atoms with Gasteiger partial charge in [0.25, 0.3) is 0 Å². The molecule has 2 bridgehead atoms. The molecule has 1 aliphatic carbocycles. The van der Waals surface area contributed by atoms with E-state index in [1.807, 2.05) is 12.1 Å². The topological polar surface area (TPSA) is 44.4 Å². The summed E-state index contributed by atoms with van der Waals surface area (Å²) in [5.41, 5.74) is 1.73. The zero-order valence-electron chi connectivity index (χ0n) is 17.1. The van der Waals surface area contributed by atoms with Crippen molar-refractivity contribution in [3.8, 4) is 0 Å². The molecule has 2 aromatic carbocycles. The first-order valence-corrected chi connectivity index (χ1v) is 10.9. The molecule has 0 aromatic heterocycles. The summed E-state index contributed by atoms with van der Waals surface area (Å²) in [5.74, 6) is 0.192. The Morgan fingerprint density at radius 3 is 2.23 bits per heavy atom. The molecule has 1 atom stereocenters. The molecule has 6 heteroatoms. The van der Waals surface area contributed by atoms with Crippen molar-refractivity contribution in [2.45, 2.75) is 57.2 Å². The minimum absolute atomic E-state index is 0.194. The third-order valence-corrected chi connectivity index (χ3v) is 6.52. The van der Waals surface area contributed by atoms with E-state index in [0.29, 0.717) is 30.2 Å². The van der Waals surface area contributed by atoms with Crippen LogP contribution >= 0.6 is 0 Å². The van der Waals surface area contributed by atoms with E-state index < -0.39 is 0 Å². The van der Waals surface area contributed by atoms with Crippen molar-refractivity contribution in [2.24, 2.45) is 5.92 Å². The Bertz CT molecular complexity index is 833. The van der Waals surface area contributed by atoms with Crippen LogP contribution in [0.4, 0.5) is 19.3 Å². The summed E-state index contributed by atoms with van der Waals surface area (Å²) in [6.45, 7) is 1.47. The number of carbonyl (C=O) groups excluding carboxylic acids is 1. The molecule has 3 fully saturated rings. The van der Waals surface area contributed by atoms with Gasteiger partial charge in [0.05, 0.1) is 0 Å². The summed E-state index contributed by atoms with van der Waals surface area (Å²) >= 11 is 0. The zero-order valence-corrected chi connectivity index (χ0v) is 17.1. The quantitative estimate of drug-likeness (QED) is 0.604. The van der Waals surface area contributed by atoms with Gasteiger partial charge in [0.15, 0.2) is 0 Å². The number of fused-ring (bicyclic) bond motifs is 3. The van der Waals surface area contributed by atoms with Crippen molar-refractivity contribution in [3.05, 3.63) is 65.7 Å². The maximum absolute atomic E-state index is 13.2. The maximum atomic E-state index is 13.2. The lowest BCUT2D eigenvalue weighted by atomic mass is 9.73. The van der Waals surface area contributed by atoms with Crippen molar-refractivity contribution in [1.29, 1.82) is 0 Å². The minimum Gasteiger partial charge on any atom is -0.338 e. The van der Waals surface area contributed by atoms with Gasteiger partial charge in [0.2, 0.25) is 0 Å². The fourth-order valence-corrected chi connectivity index (χ4v) is 5.03. The molecule has 4 nitrogen and oxygen atoms in total. The van der Waals surface area contributed by atoms with E-state index in [4.69, 9.17) is 0 Å². The number of hydrogen-bond acceptors (Lipinski definition) is 2. The van der Waals surface area contributed by atoms with E-state index in [2.05, 4.69) is 15.5 Å². The van der Waals surface area contributed by atoms with Crippen LogP contribution in [-0.2, 0) is 6.54 Å². The summed E-state index contributed by atoms with van der Waals surface area (Å²) in [7, 11) is 0. The van der Waals surface area contributed by atoms with E-state index in [1.165, 1.54) is 49.9 Å². The molecule has 2 aromatic rings. The van der Waals surface area contributed by atoms with E-state index in [0.717, 1.165) is 24.9 Å². The summed E-state index contributed by atoms with van der Waals surface area (Å²) < 4.78 is 26.2. The van der Waals surface area contributed by atoms with Crippen LogP contribution in [0.1, 0.15) is 44.1 Å². The van der Waals surface area contributed by atoms with E-state index in [-0.39, 0.29) is 17.7 Å². The third kappa shape index (κ3) is 5.17. The van der Waals surface area contributed by atoms with Crippen LogP contribution in [0.3, 0.4) is 0 Å². The number of rotatable bonds is 7. The van der Waals surface area contributed by atoms with Crippen molar-refractivity contribution in [1.82, 2.24) is 10.2 Å². The summed E-state index contributed by atoms with van der Waals surface area (Å²) in [6.07, 6.45) is 7.02. The third-order valence-electron chi connectivity index (χ3n) is 6.52. The fraction of sp³-hybridized carbons (Fsp3) is 0.458. The summed E-state index contributed by atoms with van der Waals surface area (Å²) in [6, 6.07) is 13.4. The Hall–Kier alpha value is -2.47. The average Bonchev–Trinajstić information content (AvgIpc) is 2.76. The highest BCUT2D eigenvalue weighted by molar-refractivity contribution is 5.89. The number of benzene rings is 2. The number of carbonyl (C=O) groups is 1. The number of halogens is 2. The maximum Gasteiger partial charge on any atom is 0.319 e. The van der Waals surface area contributed by atoms with E-state index in [1.54, 1.807) is 12.1 Å². The first-order valence-electron chi connectivity index (χ1n) is 10.9. The molecule has 1 saturated carbocycles. The van der Waals surface area contributed by atoms with Crippen LogP contribution in [0.15, 0.2) is 48.5 Å². The highest BCUT2D eigenvalue weighted by atomic mass is 19.1. The second-order valence-corrected chi connectivity index (χ2v) is 8.46. The molecule has 5 rings (SSSR count). The largest absolute Gasteiger partial charge is 0.338 e. The van der Waals surface area contributed by atoms with Crippen LogP contribution in [-0.4, -0.2) is 29.6 Å². The normalized spacial score (nSPS) is 23.3. The highest BCUT2D eigenvalue weighted by Gasteiger charge is 2.40. The molecular weight excluding hydrogens is 384 g/mol. The van der Waals surface area contributed by atoms with Crippen LogP contribution < -0.4 is 10.6 Å². The van der Waals surface area contributed by atoms with Crippen LogP contribution in [0.5, 0.6) is 0 Å². The Morgan fingerprint density at radius 1 is 0.933 bits per heavy atom. The van der Waals surface area contributed by atoms with E-state index >= 15 is 0 Å². The molecule has 160 valence electrons. The number of nitrogens with zero attached hydrogens (tertiary/aromatic N) is 1. The molecule has 30 heavy (non-hydrogen) atoms. The van der Waals surface area contributed by atoms with Gasteiger partial charge in [-0.25, -0.2) is 13.6 Å². The van der Waals surface area contributed by atoms with Crippen molar-refractivity contribution >= 4 is 11.7 Å². The monoisotopic (exact) mass is 413 g/mol. The highest BCUT2D eigenvalue weighted by Crippen LogP contribution is 2.42. The molecule has 2 heterocycles. The predicted molar refractivity (Wildman–Crippen MR) is 114 cm³/mol. The Morgan fingerprint density at radius 2 is 1.57 bits per heavy atom. The lowest BCUT2D eigenvalue weighted by Crippen LogP contribution is -2.54. The summed E-state index contributed by atoms with van der Waals surface area (Å²) in [5, 5.41) is 5.62. The van der Waals surface area contributed by atoms with Gasteiger partial charge in [-0.1, -0.05) is 12.1 Å². The van der Waals surface area contributed by atoms with Gasteiger partial charge >= 0.3 is 6.03 Å². The van der Waals surface area contributed by atoms with Gasteiger partial charge in [-0.05, 0) is 86.4 Å². The summed E-state index contributed by atoms with van der Waals surface area (Å²) in [4.78, 5) is 14.7.